The molecule has 7 heavy (non-hydrogen) atoms. The zero-order valence-corrected chi connectivity index (χ0v) is 4.13. The molecule has 0 unspecified atom stereocenters. The lowest BCUT2D eigenvalue weighted by molar-refractivity contribution is 0.302. The van der Waals surface area contributed by atoms with Crippen molar-refractivity contribution >= 4 is 0 Å². The third-order valence-electron chi connectivity index (χ3n) is 1.83. The van der Waals surface area contributed by atoms with Crippen LogP contribution in [-0.2, 0) is 4.74 Å². The highest BCUT2D eigenvalue weighted by atomic mass is 16.6. The second-order valence-corrected chi connectivity index (χ2v) is 2.38. The molecule has 0 bridgehead atoms. The largest absolute Gasteiger partial charge is 0.368 e. The van der Waals surface area contributed by atoms with Gasteiger partial charge in [0.25, 0.3) is 0 Å². The highest BCUT2D eigenvalue weighted by Crippen LogP contribution is 2.37. The Labute approximate surface area is 42.6 Å². The molecule has 0 amide bonds. The van der Waals surface area contributed by atoms with Gasteiger partial charge in [0.05, 0.1) is 12.2 Å². The fourth-order valence-corrected chi connectivity index (χ4v) is 1.29. The maximum Gasteiger partial charge on any atom is 0.0992 e. The van der Waals surface area contributed by atoms with Crippen LogP contribution in [0.4, 0.5) is 0 Å². The van der Waals surface area contributed by atoms with Gasteiger partial charge >= 0.3 is 0 Å². The van der Waals surface area contributed by atoms with E-state index in [1.807, 2.05) is 0 Å². The summed E-state index contributed by atoms with van der Waals surface area (Å²) in [5.74, 6) is 0. The monoisotopic (exact) mass is 99.1 g/mol. The van der Waals surface area contributed by atoms with Crippen molar-refractivity contribution in [2.45, 2.75) is 31.1 Å². The first-order valence-corrected chi connectivity index (χ1v) is 2.79. The van der Waals surface area contributed by atoms with E-state index in [1.54, 1.807) is 0 Å². The molecule has 1 heterocycles. The normalized spacial score (nSPS) is 57.0. The molecule has 0 aromatic rings. The summed E-state index contributed by atoms with van der Waals surface area (Å²) in [6, 6.07) is 0.366. The highest BCUT2D eigenvalue weighted by Gasteiger charge is 2.48. The highest BCUT2D eigenvalue weighted by molar-refractivity contribution is 4.99. The molecule has 40 valence electrons. The Morgan fingerprint density at radius 2 is 2.29 bits per heavy atom. The molecule has 0 spiro atoms. The summed E-state index contributed by atoms with van der Waals surface area (Å²) in [7, 11) is 0. The van der Waals surface area contributed by atoms with E-state index in [4.69, 9.17) is 10.5 Å². The maximum atomic E-state index is 5.59. The van der Waals surface area contributed by atoms with Crippen molar-refractivity contribution in [3.8, 4) is 0 Å². The molecule has 2 aliphatic rings. The van der Waals surface area contributed by atoms with Crippen LogP contribution in [0.25, 0.3) is 0 Å². The van der Waals surface area contributed by atoms with Gasteiger partial charge in [-0.25, -0.2) is 0 Å². The first-order valence-electron chi connectivity index (χ1n) is 2.79. The summed E-state index contributed by atoms with van der Waals surface area (Å²) in [5.41, 5.74) is 5.59. The van der Waals surface area contributed by atoms with Crippen molar-refractivity contribution in [1.29, 1.82) is 0 Å². The van der Waals surface area contributed by atoms with Crippen molar-refractivity contribution in [2.75, 3.05) is 0 Å². The number of hydrogen-bond acceptors (Lipinski definition) is 2. The van der Waals surface area contributed by atoms with Gasteiger partial charge in [-0.05, 0) is 12.8 Å². The fraction of sp³-hybridized carbons (Fsp3) is 1.00. The van der Waals surface area contributed by atoms with Crippen molar-refractivity contribution in [1.82, 2.24) is 0 Å². The molecular formula is C5H9NO. The molecule has 2 rings (SSSR count). The number of rotatable bonds is 0. The van der Waals surface area contributed by atoms with Gasteiger partial charge in [-0.2, -0.15) is 0 Å². The minimum atomic E-state index is 0.366. The lowest BCUT2D eigenvalue weighted by atomic mass is 10.3. The zero-order valence-electron chi connectivity index (χ0n) is 4.13. The average molecular weight is 99.1 g/mol. The number of hydrogen-bond donors (Lipinski definition) is 1. The Morgan fingerprint density at radius 3 is 2.43 bits per heavy atom. The summed E-state index contributed by atoms with van der Waals surface area (Å²) >= 11 is 0. The third-order valence-corrected chi connectivity index (χ3v) is 1.83. The minimum absolute atomic E-state index is 0.366. The van der Waals surface area contributed by atoms with E-state index in [0.717, 1.165) is 0 Å². The molecule has 2 heteroatoms. The van der Waals surface area contributed by atoms with Gasteiger partial charge in [-0.15, -0.1) is 0 Å². The molecule has 2 nitrogen and oxygen atoms in total. The van der Waals surface area contributed by atoms with Crippen molar-refractivity contribution in [3.63, 3.8) is 0 Å². The standard InChI is InChI=1S/C5H9NO/c6-3-1-2-4-5(3)7-4/h3-5H,1-2,6H2/t3-,4-,5+/m0/s1. The van der Waals surface area contributed by atoms with Gasteiger partial charge in [-0.3, -0.25) is 0 Å². The van der Waals surface area contributed by atoms with Gasteiger partial charge in [-0.1, -0.05) is 0 Å². The molecule has 2 fully saturated rings. The predicted molar refractivity (Wildman–Crippen MR) is 25.9 cm³/mol. The Balaban J connectivity index is 2.08. The van der Waals surface area contributed by atoms with Crippen molar-refractivity contribution in [2.24, 2.45) is 5.73 Å². The first-order chi connectivity index (χ1) is 3.38. The van der Waals surface area contributed by atoms with Crippen LogP contribution in [0.2, 0.25) is 0 Å². The van der Waals surface area contributed by atoms with E-state index in [-0.39, 0.29) is 0 Å². The number of epoxide rings is 1. The zero-order chi connectivity index (χ0) is 4.85. The van der Waals surface area contributed by atoms with E-state index in [1.165, 1.54) is 12.8 Å². The van der Waals surface area contributed by atoms with E-state index in [0.29, 0.717) is 18.2 Å². The smallest absolute Gasteiger partial charge is 0.0992 e. The summed E-state index contributed by atoms with van der Waals surface area (Å²) in [4.78, 5) is 0. The van der Waals surface area contributed by atoms with Crippen LogP contribution in [-0.4, -0.2) is 18.2 Å². The van der Waals surface area contributed by atoms with Gasteiger partial charge in [0, 0.05) is 6.04 Å². The van der Waals surface area contributed by atoms with Gasteiger partial charge < -0.3 is 10.5 Å². The summed E-state index contributed by atoms with van der Waals surface area (Å²) < 4.78 is 5.14. The Bertz CT molecular complexity index is 94.1. The first kappa shape index (κ1) is 3.87. The number of nitrogens with two attached hydrogens (primary N) is 1. The Kier molecular flexibility index (Phi) is 0.557. The summed E-state index contributed by atoms with van der Waals surface area (Å²) in [5, 5.41) is 0. The van der Waals surface area contributed by atoms with E-state index in [9.17, 15) is 0 Å². The van der Waals surface area contributed by atoms with Gasteiger partial charge in [0.1, 0.15) is 0 Å². The number of fused-ring (bicyclic) bond motifs is 1. The lowest BCUT2D eigenvalue weighted by Crippen LogP contribution is -2.22. The number of ether oxygens (including phenoxy) is 1. The molecule has 1 aliphatic carbocycles. The molecule has 3 atom stereocenters. The van der Waals surface area contributed by atoms with Crippen LogP contribution in [0.1, 0.15) is 12.8 Å². The van der Waals surface area contributed by atoms with E-state index < -0.39 is 0 Å². The quantitative estimate of drug-likeness (QED) is 0.430. The average Bonchev–Trinajstić information content (AvgIpc) is 2.33. The maximum absolute atomic E-state index is 5.59. The third kappa shape index (κ3) is 0.409. The molecule has 0 radical (unpaired) electrons. The topological polar surface area (TPSA) is 38.5 Å². The van der Waals surface area contributed by atoms with Crippen LogP contribution in [0.15, 0.2) is 0 Å². The summed E-state index contributed by atoms with van der Waals surface area (Å²) in [6.45, 7) is 0. The van der Waals surface area contributed by atoms with Crippen LogP contribution in [0.3, 0.4) is 0 Å². The molecule has 1 saturated heterocycles. The van der Waals surface area contributed by atoms with Crippen LogP contribution in [0, 0.1) is 0 Å². The Morgan fingerprint density at radius 1 is 1.43 bits per heavy atom. The molecular weight excluding hydrogens is 90.1 g/mol. The van der Waals surface area contributed by atoms with E-state index in [2.05, 4.69) is 0 Å². The molecule has 2 N–H and O–H groups in total. The second kappa shape index (κ2) is 1.01. The molecule has 1 saturated carbocycles. The van der Waals surface area contributed by atoms with Crippen LogP contribution in [0.5, 0.6) is 0 Å². The van der Waals surface area contributed by atoms with Crippen molar-refractivity contribution < 1.29 is 4.74 Å². The fourth-order valence-electron chi connectivity index (χ4n) is 1.29. The van der Waals surface area contributed by atoms with Crippen LogP contribution < -0.4 is 5.73 Å². The molecule has 0 aromatic carbocycles. The van der Waals surface area contributed by atoms with Crippen LogP contribution >= 0.6 is 0 Å². The summed E-state index contributed by atoms with van der Waals surface area (Å²) in [6.07, 6.45) is 3.40. The SMILES string of the molecule is N[C@H]1CC[C@@H]2O[C@@H]21. The minimum Gasteiger partial charge on any atom is -0.368 e. The molecule has 0 aromatic heterocycles. The van der Waals surface area contributed by atoms with Gasteiger partial charge in [0.15, 0.2) is 0 Å². The second-order valence-electron chi connectivity index (χ2n) is 2.38. The predicted octanol–water partition coefficient (Wildman–Crippen LogP) is -0.125. The van der Waals surface area contributed by atoms with E-state index >= 15 is 0 Å². The Hall–Kier alpha value is -0.0800. The van der Waals surface area contributed by atoms with Crippen molar-refractivity contribution in [3.05, 3.63) is 0 Å². The van der Waals surface area contributed by atoms with Gasteiger partial charge in [0.2, 0.25) is 0 Å². The lowest BCUT2D eigenvalue weighted by Gasteiger charge is -1.97. The molecule has 1 aliphatic heterocycles.